The highest BCUT2D eigenvalue weighted by molar-refractivity contribution is 5.28. The van der Waals surface area contributed by atoms with Crippen molar-refractivity contribution in [2.75, 3.05) is 0 Å². The Hall–Kier alpha value is -1.69. The molecule has 3 rings (SSSR count). The van der Waals surface area contributed by atoms with Crippen molar-refractivity contribution in [2.24, 2.45) is 11.8 Å². The van der Waals surface area contributed by atoms with E-state index in [1.807, 2.05) is 13.0 Å². The van der Waals surface area contributed by atoms with Gasteiger partial charge < -0.3 is 0 Å². The fourth-order valence-electron chi connectivity index (χ4n) is 2.96. The molecular formula is C13H13N3. The molecule has 0 radical (unpaired) electrons. The molecule has 16 heavy (non-hydrogen) atoms. The molecular weight excluding hydrogens is 198 g/mol. The minimum absolute atomic E-state index is 0.495. The number of nitriles is 1. The van der Waals surface area contributed by atoms with Crippen LogP contribution < -0.4 is 0 Å². The van der Waals surface area contributed by atoms with Crippen molar-refractivity contribution in [1.29, 1.82) is 5.26 Å². The molecule has 3 nitrogen and oxygen atoms in total. The second-order valence-corrected chi connectivity index (χ2v) is 4.72. The van der Waals surface area contributed by atoms with Crippen LogP contribution in [0.2, 0.25) is 0 Å². The first-order valence-electron chi connectivity index (χ1n) is 5.70. The van der Waals surface area contributed by atoms with Crippen LogP contribution in [-0.4, -0.2) is 9.97 Å². The lowest BCUT2D eigenvalue weighted by Crippen LogP contribution is -2.09. The number of nitrogens with zero attached hydrogens (tertiary/aromatic N) is 3. The number of hydrogen-bond acceptors (Lipinski definition) is 3. The Morgan fingerprint density at radius 2 is 2.19 bits per heavy atom. The molecule has 0 N–H and O–H groups in total. The predicted molar refractivity (Wildman–Crippen MR) is 59.6 cm³/mol. The first-order valence-corrected chi connectivity index (χ1v) is 5.70. The summed E-state index contributed by atoms with van der Waals surface area (Å²) < 4.78 is 0. The van der Waals surface area contributed by atoms with Gasteiger partial charge in [-0.05, 0) is 37.7 Å². The Labute approximate surface area is 94.8 Å². The molecule has 0 aromatic carbocycles. The maximum Gasteiger partial charge on any atom is 0.144 e. The van der Waals surface area contributed by atoms with E-state index >= 15 is 0 Å². The van der Waals surface area contributed by atoms with Crippen LogP contribution in [0.3, 0.4) is 0 Å². The van der Waals surface area contributed by atoms with Crippen LogP contribution in [0.5, 0.6) is 0 Å². The molecule has 0 aliphatic heterocycles. The summed E-state index contributed by atoms with van der Waals surface area (Å²) in [6.07, 6.45) is 7.07. The molecule has 80 valence electrons. The van der Waals surface area contributed by atoms with E-state index in [1.54, 1.807) is 0 Å². The maximum atomic E-state index is 8.91. The van der Waals surface area contributed by atoms with Gasteiger partial charge >= 0.3 is 0 Å². The highest BCUT2D eigenvalue weighted by atomic mass is 14.9. The zero-order valence-corrected chi connectivity index (χ0v) is 9.22. The van der Waals surface area contributed by atoms with Crippen molar-refractivity contribution in [3.63, 3.8) is 0 Å². The van der Waals surface area contributed by atoms with Gasteiger partial charge in [-0.25, -0.2) is 9.97 Å². The van der Waals surface area contributed by atoms with E-state index in [0.29, 0.717) is 23.4 Å². The van der Waals surface area contributed by atoms with E-state index in [-0.39, 0.29) is 0 Å². The van der Waals surface area contributed by atoms with Crippen LogP contribution >= 0.6 is 0 Å². The van der Waals surface area contributed by atoms with Crippen LogP contribution in [-0.2, 0) is 0 Å². The van der Waals surface area contributed by atoms with Crippen LogP contribution in [0, 0.1) is 30.1 Å². The lowest BCUT2D eigenvalue weighted by molar-refractivity contribution is 0.566. The van der Waals surface area contributed by atoms with Gasteiger partial charge in [-0.3, -0.25) is 0 Å². The van der Waals surface area contributed by atoms with Gasteiger partial charge in [0, 0.05) is 11.6 Å². The largest absolute Gasteiger partial charge is 0.238 e. The van der Waals surface area contributed by atoms with Gasteiger partial charge in [0.25, 0.3) is 0 Å². The molecule has 1 heterocycles. The summed E-state index contributed by atoms with van der Waals surface area (Å²) in [5.41, 5.74) is 1.55. The monoisotopic (exact) mass is 211 g/mol. The van der Waals surface area contributed by atoms with E-state index in [9.17, 15) is 0 Å². The lowest BCUT2D eigenvalue weighted by atomic mass is 9.90. The van der Waals surface area contributed by atoms with Gasteiger partial charge in [0.15, 0.2) is 0 Å². The quantitative estimate of drug-likeness (QED) is 0.670. The number of fused-ring (bicyclic) bond motifs is 2. The highest BCUT2D eigenvalue weighted by Crippen LogP contribution is 2.48. The molecule has 3 atom stereocenters. The van der Waals surface area contributed by atoms with Crippen molar-refractivity contribution in [1.82, 2.24) is 9.97 Å². The standard InChI is InChI=1S/C13H13N3/c1-8-15-11(7-14)6-13(16-8)12-5-9-2-3-10(12)4-9/h2-3,6,9-10,12H,4-5H2,1H3. The zero-order chi connectivity index (χ0) is 11.1. The molecule has 1 fully saturated rings. The Kier molecular flexibility index (Phi) is 2.03. The van der Waals surface area contributed by atoms with Gasteiger partial charge in [-0.2, -0.15) is 5.26 Å². The van der Waals surface area contributed by atoms with Crippen molar-refractivity contribution >= 4 is 0 Å². The number of hydrogen-bond donors (Lipinski definition) is 0. The van der Waals surface area contributed by atoms with Crippen molar-refractivity contribution in [2.45, 2.75) is 25.7 Å². The first-order chi connectivity index (χ1) is 7.76. The molecule has 0 amide bonds. The third-order valence-corrected chi connectivity index (χ3v) is 3.63. The number of rotatable bonds is 1. The fraction of sp³-hybridized carbons (Fsp3) is 0.462. The number of aryl methyl sites for hydroxylation is 1. The van der Waals surface area contributed by atoms with E-state index in [1.165, 1.54) is 12.8 Å². The van der Waals surface area contributed by atoms with Crippen molar-refractivity contribution < 1.29 is 0 Å². The second kappa shape index (κ2) is 3.41. The molecule has 3 heteroatoms. The Morgan fingerprint density at radius 1 is 1.31 bits per heavy atom. The van der Waals surface area contributed by atoms with E-state index < -0.39 is 0 Å². The normalized spacial score (nSPS) is 30.6. The third-order valence-electron chi connectivity index (χ3n) is 3.63. The predicted octanol–water partition coefficient (Wildman–Crippen LogP) is 2.34. The SMILES string of the molecule is Cc1nc(C#N)cc(C2CC3C=CC2C3)n1. The topological polar surface area (TPSA) is 49.6 Å². The second-order valence-electron chi connectivity index (χ2n) is 4.72. The van der Waals surface area contributed by atoms with Crippen LogP contribution in [0.1, 0.15) is 36.0 Å². The smallest absolute Gasteiger partial charge is 0.144 e. The molecule has 3 unspecified atom stereocenters. The van der Waals surface area contributed by atoms with Gasteiger partial charge in [0.1, 0.15) is 17.6 Å². The summed E-state index contributed by atoms with van der Waals surface area (Å²) in [6, 6.07) is 3.96. The molecule has 2 aliphatic carbocycles. The summed E-state index contributed by atoms with van der Waals surface area (Å²) in [5, 5.41) is 8.91. The minimum Gasteiger partial charge on any atom is -0.238 e. The Balaban J connectivity index is 1.98. The molecule has 1 aromatic rings. The first kappa shape index (κ1) is 9.53. The minimum atomic E-state index is 0.495. The lowest BCUT2D eigenvalue weighted by Gasteiger charge is -2.17. The third kappa shape index (κ3) is 1.42. The average Bonchev–Trinajstić information content (AvgIpc) is 2.89. The maximum absolute atomic E-state index is 8.91. The van der Waals surface area contributed by atoms with E-state index in [2.05, 4.69) is 28.2 Å². The van der Waals surface area contributed by atoms with Gasteiger partial charge in [0.05, 0.1) is 0 Å². The van der Waals surface area contributed by atoms with Gasteiger partial charge in [0.2, 0.25) is 0 Å². The number of allylic oxidation sites excluding steroid dienone is 2. The summed E-state index contributed by atoms with van der Waals surface area (Å²) in [4.78, 5) is 8.58. The van der Waals surface area contributed by atoms with Gasteiger partial charge in [-0.15, -0.1) is 0 Å². The Morgan fingerprint density at radius 3 is 2.81 bits per heavy atom. The fourth-order valence-corrected chi connectivity index (χ4v) is 2.96. The van der Waals surface area contributed by atoms with Crippen LogP contribution in [0.25, 0.3) is 0 Å². The van der Waals surface area contributed by atoms with Crippen LogP contribution in [0.4, 0.5) is 0 Å². The molecule has 1 saturated carbocycles. The van der Waals surface area contributed by atoms with E-state index in [4.69, 9.17) is 5.26 Å². The molecule has 2 bridgehead atoms. The summed E-state index contributed by atoms with van der Waals surface area (Å²) in [6.45, 7) is 1.85. The summed E-state index contributed by atoms with van der Waals surface area (Å²) >= 11 is 0. The van der Waals surface area contributed by atoms with Crippen molar-refractivity contribution in [3.8, 4) is 6.07 Å². The van der Waals surface area contributed by atoms with E-state index in [0.717, 1.165) is 11.6 Å². The van der Waals surface area contributed by atoms with Gasteiger partial charge in [-0.1, -0.05) is 12.2 Å². The molecule has 0 saturated heterocycles. The average molecular weight is 211 g/mol. The van der Waals surface area contributed by atoms with Crippen molar-refractivity contribution in [3.05, 3.63) is 35.4 Å². The number of aromatic nitrogens is 2. The summed E-state index contributed by atoms with van der Waals surface area (Å²) in [5.74, 6) is 2.58. The highest BCUT2D eigenvalue weighted by Gasteiger charge is 2.37. The van der Waals surface area contributed by atoms with Crippen LogP contribution in [0.15, 0.2) is 18.2 Å². The zero-order valence-electron chi connectivity index (χ0n) is 9.22. The molecule has 2 aliphatic rings. The Bertz CT molecular complexity index is 498. The molecule has 0 spiro atoms. The molecule has 1 aromatic heterocycles. The summed E-state index contributed by atoms with van der Waals surface area (Å²) in [7, 11) is 0.